The van der Waals surface area contributed by atoms with Gasteiger partial charge in [0.15, 0.2) is 0 Å². The third-order valence-corrected chi connectivity index (χ3v) is 2.17. The minimum Gasteiger partial charge on any atom is -0.390 e. The molecule has 0 fully saturated rings. The Hall–Kier alpha value is -0.970. The van der Waals surface area contributed by atoms with E-state index in [4.69, 9.17) is 5.73 Å². The zero-order valence-electron chi connectivity index (χ0n) is 9.35. The Morgan fingerprint density at radius 2 is 2.27 bits per heavy atom. The van der Waals surface area contributed by atoms with Crippen LogP contribution >= 0.6 is 0 Å². The summed E-state index contributed by atoms with van der Waals surface area (Å²) in [7, 11) is 1.95. The van der Waals surface area contributed by atoms with E-state index in [2.05, 4.69) is 4.98 Å². The number of likely N-dealkylation sites (N-methyl/N-ethyl adjacent to an activating group) is 1. The molecule has 0 saturated carbocycles. The molecule has 0 saturated heterocycles. The Balaban J connectivity index is 2.47. The normalized spacial score (nSPS) is 13.1. The number of hydrogen-bond donors (Lipinski definition) is 2. The van der Waals surface area contributed by atoms with Gasteiger partial charge < -0.3 is 10.8 Å². The standard InChI is InChI=1S/C11H19N3O/c1-9-4-3-5-10(13-9)7-14(2)8-11(15)6-12/h3-5,11,15H,6-8,12H2,1-2H3. The zero-order valence-corrected chi connectivity index (χ0v) is 9.35. The maximum atomic E-state index is 9.37. The van der Waals surface area contributed by atoms with Crippen LogP contribution in [0, 0.1) is 6.92 Å². The van der Waals surface area contributed by atoms with Crippen LogP contribution in [0.3, 0.4) is 0 Å². The van der Waals surface area contributed by atoms with Gasteiger partial charge in [-0.3, -0.25) is 9.88 Å². The number of aryl methyl sites for hydroxylation is 1. The third-order valence-electron chi connectivity index (χ3n) is 2.17. The van der Waals surface area contributed by atoms with Gasteiger partial charge in [-0.05, 0) is 26.1 Å². The van der Waals surface area contributed by atoms with Crippen LogP contribution in [0.1, 0.15) is 11.4 Å². The molecule has 84 valence electrons. The fraction of sp³-hybridized carbons (Fsp3) is 0.545. The highest BCUT2D eigenvalue weighted by molar-refractivity contribution is 5.09. The highest BCUT2D eigenvalue weighted by atomic mass is 16.3. The molecule has 0 amide bonds. The summed E-state index contributed by atoms with van der Waals surface area (Å²) in [5, 5.41) is 9.37. The van der Waals surface area contributed by atoms with Crippen molar-refractivity contribution in [2.24, 2.45) is 5.73 Å². The summed E-state index contributed by atoms with van der Waals surface area (Å²) in [6.07, 6.45) is -0.459. The zero-order chi connectivity index (χ0) is 11.3. The molecule has 1 rings (SSSR count). The summed E-state index contributed by atoms with van der Waals surface area (Å²) in [6, 6.07) is 5.95. The van der Waals surface area contributed by atoms with Crippen molar-refractivity contribution in [3.63, 3.8) is 0 Å². The highest BCUT2D eigenvalue weighted by Crippen LogP contribution is 2.02. The molecule has 1 aromatic rings. The largest absolute Gasteiger partial charge is 0.390 e. The van der Waals surface area contributed by atoms with E-state index in [1.54, 1.807) is 0 Å². The molecule has 0 bridgehead atoms. The molecule has 0 aromatic carbocycles. The lowest BCUT2D eigenvalue weighted by Gasteiger charge is -2.19. The van der Waals surface area contributed by atoms with Gasteiger partial charge in [0.25, 0.3) is 0 Å². The van der Waals surface area contributed by atoms with Crippen molar-refractivity contribution in [2.45, 2.75) is 19.6 Å². The summed E-state index contributed by atoms with van der Waals surface area (Å²) in [5.41, 5.74) is 7.38. The van der Waals surface area contributed by atoms with E-state index in [-0.39, 0.29) is 0 Å². The number of hydrogen-bond acceptors (Lipinski definition) is 4. The van der Waals surface area contributed by atoms with Gasteiger partial charge in [-0.2, -0.15) is 0 Å². The maximum absolute atomic E-state index is 9.37. The van der Waals surface area contributed by atoms with Crippen LogP contribution < -0.4 is 5.73 Å². The van der Waals surface area contributed by atoms with Crippen molar-refractivity contribution >= 4 is 0 Å². The first-order chi connectivity index (χ1) is 7.11. The first-order valence-electron chi connectivity index (χ1n) is 5.11. The van der Waals surface area contributed by atoms with Crippen LogP contribution in [0.5, 0.6) is 0 Å². The molecular formula is C11H19N3O. The van der Waals surface area contributed by atoms with E-state index < -0.39 is 6.10 Å². The molecule has 4 nitrogen and oxygen atoms in total. The van der Waals surface area contributed by atoms with Crippen LogP contribution in [-0.4, -0.2) is 41.2 Å². The molecule has 1 heterocycles. The number of pyridine rings is 1. The Kier molecular flexibility index (Phi) is 4.68. The molecule has 0 spiro atoms. The lowest BCUT2D eigenvalue weighted by atomic mass is 10.3. The third kappa shape index (κ3) is 4.38. The highest BCUT2D eigenvalue weighted by Gasteiger charge is 2.07. The predicted octanol–water partition coefficient (Wildman–Crippen LogP) is 0.141. The van der Waals surface area contributed by atoms with Gasteiger partial charge in [0, 0.05) is 25.3 Å². The Morgan fingerprint density at radius 3 is 2.87 bits per heavy atom. The molecule has 1 atom stereocenters. The van der Waals surface area contributed by atoms with Gasteiger partial charge in [0.2, 0.25) is 0 Å². The average molecular weight is 209 g/mol. The second-order valence-corrected chi connectivity index (χ2v) is 3.86. The van der Waals surface area contributed by atoms with Crippen LogP contribution in [0.4, 0.5) is 0 Å². The van der Waals surface area contributed by atoms with Crippen LogP contribution in [0.2, 0.25) is 0 Å². The van der Waals surface area contributed by atoms with Gasteiger partial charge in [0.05, 0.1) is 11.8 Å². The monoisotopic (exact) mass is 209 g/mol. The van der Waals surface area contributed by atoms with Crippen molar-refractivity contribution in [3.8, 4) is 0 Å². The fourth-order valence-electron chi connectivity index (χ4n) is 1.46. The number of nitrogens with zero attached hydrogens (tertiary/aromatic N) is 2. The molecule has 0 radical (unpaired) electrons. The van der Waals surface area contributed by atoms with Crippen LogP contribution in [-0.2, 0) is 6.54 Å². The second-order valence-electron chi connectivity index (χ2n) is 3.86. The van der Waals surface area contributed by atoms with Gasteiger partial charge in [-0.25, -0.2) is 0 Å². The molecule has 4 heteroatoms. The van der Waals surface area contributed by atoms with E-state index in [0.717, 1.165) is 17.9 Å². The van der Waals surface area contributed by atoms with Gasteiger partial charge in [-0.1, -0.05) is 6.07 Å². The summed E-state index contributed by atoms with van der Waals surface area (Å²) >= 11 is 0. The lowest BCUT2D eigenvalue weighted by molar-refractivity contribution is 0.129. The van der Waals surface area contributed by atoms with Crippen molar-refractivity contribution < 1.29 is 5.11 Å². The molecular weight excluding hydrogens is 190 g/mol. The van der Waals surface area contributed by atoms with Crippen molar-refractivity contribution in [1.29, 1.82) is 0 Å². The molecule has 0 aliphatic rings. The number of aliphatic hydroxyl groups excluding tert-OH is 1. The summed E-state index contributed by atoms with van der Waals surface area (Å²) in [5.74, 6) is 0. The summed E-state index contributed by atoms with van der Waals surface area (Å²) < 4.78 is 0. The van der Waals surface area contributed by atoms with Crippen LogP contribution in [0.15, 0.2) is 18.2 Å². The van der Waals surface area contributed by atoms with E-state index >= 15 is 0 Å². The van der Waals surface area contributed by atoms with E-state index in [1.807, 2.05) is 37.1 Å². The molecule has 3 N–H and O–H groups in total. The van der Waals surface area contributed by atoms with E-state index in [9.17, 15) is 5.11 Å². The molecule has 1 aromatic heterocycles. The minimum absolute atomic E-state index is 0.297. The Bertz CT molecular complexity index is 304. The Morgan fingerprint density at radius 1 is 1.53 bits per heavy atom. The van der Waals surface area contributed by atoms with E-state index in [1.165, 1.54) is 0 Å². The Labute approximate surface area is 90.7 Å². The number of aliphatic hydroxyl groups is 1. The SMILES string of the molecule is Cc1cccc(CN(C)CC(O)CN)n1. The van der Waals surface area contributed by atoms with Gasteiger partial charge in [0.1, 0.15) is 0 Å². The molecule has 0 aliphatic carbocycles. The average Bonchev–Trinajstić information content (AvgIpc) is 2.17. The van der Waals surface area contributed by atoms with Crippen molar-refractivity contribution in [3.05, 3.63) is 29.6 Å². The topological polar surface area (TPSA) is 62.4 Å². The second kappa shape index (κ2) is 5.80. The summed E-state index contributed by atoms with van der Waals surface area (Å²) in [6.45, 7) is 3.58. The van der Waals surface area contributed by atoms with Crippen LogP contribution in [0.25, 0.3) is 0 Å². The molecule has 15 heavy (non-hydrogen) atoms. The van der Waals surface area contributed by atoms with Gasteiger partial charge >= 0.3 is 0 Å². The quantitative estimate of drug-likeness (QED) is 0.724. The number of nitrogens with two attached hydrogens (primary N) is 1. The first kappa shape index (κ1) is 12.1. The summed E-state index contributed by atoms with van der Waals surface area (Å²) in [4.78, 5) is 6.40. The minimum atomic E-state index is -0.459. The predicted molar refractivity (Wildman–Crippen MR) is 60.4 cm³/mol. The van der Waals surface area contributed by atoms with Crippen molar-refractivity contribution in [1.82, 2.24) is 9.88 Å². The smallest absolute Gasteiger partial charge is 0.0789 e. The fourth-order valence-corrected chi connectivity index (χ4v) is 1.46. The molecule has 1 unspecified atom stereocenters. The molecule has 0 aliphatic heterocycles. The first-order valence-corrected chi connectivity index (χ1v) is 5.11. The lowest BCUT2D eigenvalue weighted by Crippen LogP contribution is -2.33. The number of aromatic nitrogens is 1. The van der Waals surface area contributed by atoms with Gasteiger partial charge in [-0.15, -0.1) is 0 Å². The van der Waals surface area contributed by atoms with Crippen molar-refractivity contribution in [2.75, 3.05) is 20.1 Å². The van der Waals surface area contributed by atoms with E-state index in [0.29, 0.717) is 13.1 Å². The number of rotatable bonds is 5. The maximum Gasteiger partial charge on any atom is 0.0789 e.